The third-order valence-electron chi connectivity index (χ3n) is 3.73. The highest BCUT2D eigenvalue weighted by Gasteiger charge is 2.27. The van der Waals surface area contributed by atoms with E-state index in [4.69, 9.17) is 16.3 Å². The first kappa shape index (κ1) is 18.6. The van der Waals surface area contributed by atoms with Crippen molar-refractivity contribution in [3.63, 3.8) is 0 Å². The number of morpholine rings is 1. The molecule has 2 amide bonds. The monoisotopic (exact) mass is 396 g/mol. The summed E-state index contributed by atoms with van der Waals surface area (Å²) in [4.78, 5) is 16.0. The number of pyridine rings is 1. The number of sulfonamides is 1. The Labute approximate surface area is 156 Å². The zero-order valence-electron chi connectivity index (χ0n) is 13.7. The van der Waals surface area contributed by atoms with Crippen molar-refractivity contribution in [1.29, 1.82) is 0 Å². The Morgan fingerprint density at radius 1 is 1.12 bits per heavy atom. The average Bonchev–Trinajstić information content (AvgIpc) is 2.65. The number of rotatable bonds is 4. The van der Waals surface area contributed by atoms with Crippen LogP contribution in [0, 0.1) is 0 Å². The molecule has 1 aliphatic heterocycles. The van der Waals surface area contributed by atoms with Crippen LogP contribution in [0.25, 0.3) is 0 Å². The molecule has 1 aliphatic rings. The van der Waals surface area contributed by atoms with E-state index in [9.17, 15) is 13.2 Å². The summed E-state index contributed by atoms with van der Waals surface area (Å²) in [6, 6.07) is 6.91. The lowest BCUT2D eigenvalue weighted by atomic mass is 10.3. The molecule has 1 saturated heterocycles. The van der Waals surface area contributed by atoms with Gasteiger partial charge >= 0.3 is 6.03 Å². The summed E-state index contributed by atoms with van der Waals surface area (Å²) in [7, 11) is -3.68. The summed E-state index contributed by atoms with van der Waals surface area (Å²) in [6.07, 6.45) is 3.08. The number of aromatic nitrogens is 1. The van der Waals surface area contributed by atoms with Crippen LogP contribution in [0.2, 0.25) is 5.02 Å². The van der Waals surface area contributed by atoms with Gasteiger partial charge in [0.1, 0.15) is 0 Å². The van der Waals surface area contributed by atoms with Crippen molar-refractivity contribution in [1.82, 2.24) is 9.29 Å². The van der Waals surface area contributed by atoms with Gasteiger partial charge in [-0.05, 0) is 30.3 Å². The number of nitrogens with one attached hydrogen (secondary N) is 2. The van der Waals surface area contributed by atoms with Crippen molar-refractivity contribution >= 4 is 39.0 Å². The van der Waals surface area contributed by atoms with Gasteiger partial charge in [0, 0.05) is 31.2 Å². The van der Waals surface area contributed by atoms with E-state index in [-0.39, 0.29) is 28.7 Å². The normalized spacial score (nSPS) is 15.4. The molecular weight excluding hydrogens is 380 g/mol. The van der Waals surface area contributed by atoms with Crippen LogP contribution in [0.4, 0.5) is 16.2 Å². The van der Waals surface area contributed by atoms with E-state index in [1.54, 1.807) is 12.1 Å². The highest BCUT2D eigenvalue weighted by Crippen LogP contribution is 2.27. The minimum absolute atomic E-state index is 0.0583. The minimum Gasteiger partial charge on any atom is -0.379 e. The summed E-state index contributed by atoms with van der Waals surface area (Å²) in [5.74, 6) is 0. The Morgan fingerprint density at radius 3 is 2.50 bits per heavy atom. The van der Waals surface area contributed by atoms with Crippen LogP contribution in [0.5, 0.6) is 0 Å². The molecular formula is C16H17ClN4O4S. The predicted octanol–water partition coefficient (Wildman–Crippen LogP) is 2.40. The van der Waals surface area contributed by atoms with Gasteiger partial charge in [0.15, 0.2) is 0 Å². The molecule has 0 atom stereocenters. The molecule has 0 bridgehead atoms. The molecule has 0 saturated carbocycles. The summed E-state index contributed by atoms with van der Waals surface area (Å²) < 4.78 is 32.0. The van der Waals surface area contributed by atoms with Gasteiger partial charge in [-0.15, -0.1) is 0 Å². The molecule has 0 unspecified atom stereocenters. The van der Waals surface area contributed by atoms with Crippen LogP contribution in [0.15, 0.2) is 47.6 Å². The van der Waals surface area contributed by atoms with E-state index in [1.807, 2.05) is 0 Å². The van der Waals surface area contributed by atoms with E-state index < -0.39 is 16.1 Å². The first-order chi connectivity index (χ1) is 12.5. The van der Waals surface area contributed by atoms with Crippen LogP contribution >= 0.6 is 11.6 Å². The highest BCUT2D eigenvalue weighted by atomic mass is 35.5. The lowest BCUT2D eigenvalue weighted by molar-refractivity contribution is 0.0730. The van der Waals surface area contributed by atoms with E-state index in [2.05, 4.69) is 15.6 Å². The molecule has 0 spiro atoms. The van der Waals surface area contributed by atoms with Crippen molar-refractivity contribution in [2.45, 2.75) is 4.90 Å². The number of hydrogen-bond acceptors (Lipinski definition) is 5. The van der Waals surface area contributed by atoms with Crippen LogP contribution in [-0.2, 0) is 14.8 Å². The molecule has 2 aromatic rings. The van der Waals surface area contributed by atoms with Gasteiger partial charge in [0.05, 0.1) is 28.8 Å². The third-order valence-corrected chi connectivity index (χ3v) is 5.96. The van der Waals surface area contributed by atoms with Gasteiger partial charge in [-0.2, -0.15) is 4.31 Å². The number of amides is 2. The van der Waals surface area contributed by atoms with Crippen LogP contribution < -0.4 is 10.6 Å². The Hall–Kier alpha value is -2.20. The van der Waals surface area contributed by atoms with Gasteiger partial charge in [-0.25, -0.2) is 13.2 Å². The van der Waals surface area contributed by atoms with Gasteiger partial charge in [0.2, 0.25) is 10.0 Å². The van der Waals surface area contributed by atoms with Crippen molar-refractivity contribution < 1.29 is 17.9 Å². The first-order valence-corrected chi connectivity index (χ1v) is 9.64. The predicted molar refractivity (Wildman–Crippen MR) is 97.9 cm³/mol. The molecule has 8 nitrogen and oxygen atoms in total. The Bertz CT molecular complexity index is 886. The topological polar surface area (TPSA) is 101 Å². The molecule has 3 rings (SSSR count). The van der Waals surface area contributed by atoms with Crippen LogP contribution in [0.1, 0.15) is 0 Å². The largest absolute Gasteiger partial charge is 0.379 e. The second-order valence-corrected chi connectivity index (χ2v) is 7.82. The Kier molecular flexibility index (Phi) is 5.72. The number of urea groups is 1. The minimum atomic E-state index is -3.68. The van der Waals surface area contributed by atoms with Gasteiger partial charge in [-0.1, -0.05) is 11.6 Å². The van der Waals surface area contributed by atoms with E-state index in [0.717, 1.165) is 0 Å². The quantitative estimate of drug-likeness (QED) is 0.826. The highest BCUT2D eigenvalue weighted by molar-refractivity contribution is 7.89. The van der Waals surface area contributed by atoms with Crippen molar-refractivity contribution in [2.24, 2.45) is 0 Å². The SMILES string of the molecule is O=C(Nc1ccncc1)Nc1cc(S(=O)(=O)N2CCOCC2)ccc1Cl. The molecule has 2 heterocycles. The van der Waals surface area contributed by atoms with Crippen molar-refractivity contribution in [3.8, 4) is 0 Å². The summed E-state index contributed by atoms with van der Waals surface area (Å²) in [5, 5.41) is 5.41. The number of carbonyl (C=O) groups excluding carboxylic acids is 1. The number of carbonyl (C=O) groups is 1. The second-order valence-electron chi connectivity index (χ2n) is 5.47. The molecule has 0 aliphatic carbocycles. The fourth-order valence-electron chi connectivity index (χ4n) is 2.42. The lowest BCUT2D eigenvalue weighted by Crippen LogP contribution is -2.40. The summed E-state index contributed by atoms with van der Waals surface area (Å²) >= 11 is 6.10. The van der Waals surface area contributed by atoms with Gasteiger partial charge in [-0.3, -0.25) is 4.98 Å². The number of nitrogens with zero attached hydrogens (tertiary/aromatic N) is 2. The molecule has 1 fully saturated rings. The van der Waals surface area contributed by atoms with Crippen LogP contribution in [0.3, 0.4) is 0 Å². The molecule has 2 N–H and O–H groups in total. The van der Waals surface area contributed by atoms with Crippen molar-refractivity contribution in [3.05, 3.63) is 47.7 Å². The van der Waals surface area contributed by atoms with E-state index >= 15 is 0 Å². The zero-order chi connectivity index (χ0) is 18.6. The zero-order valence-corrected chi connectivity index (χ0v) is 15.3. The van der Waals surface area contributed by atoms with Gasteiger partial charge < -0.3 is 15.4 Å². The fourth-order valence-corrected chi connectivity index (χ4v) is 4.02. The second kappa shape index (κ2) is 8.00. The summed E-state index contributed by atoms with van der Waals surface area (Å²) in [5.41, 5.74) is 0.748. The molecule has 0 radical (unpaired) electrons. The number of benzene rings is 1. The maximum Gasteiger partial charge on any atom is 0.323 e. The maximum atomic E-state index is 12.7. The number of hydrogen-bond donors (Lipinski definition) is 2. The molecule has 1 aromatic heterocycles. The molecule has 138 valence electrons. The van der Waals surface area contributed by atoms with E-state index in [0.29, 0.717) is 18.9 Å². The van der Waals surface area contributed by atoms with Crippen LogP contribution in [-0.4, -0.2) is 50.0 Å². The number of anilines is 2. The third kappa shape index (κ3) is 4.31. The van der Waals surface area contributed by atoms with Crippen molar-refractivity contribution in [2.75, 3.05) is 36.9 Å². The maximum absolute atomic E-state index is 12.7. The average molecular weight is 397 g/mol. The number of halogens is 1. The Morgan fingerprint density at radius 2 is 1.81 bits per heavy atom. The molecule has 26 heavy (non-hydrogen) atoms. The Balaban J connectivity index is 1.78. The standard InChI is InChI=1S/C16H17ClN4O4S/c17-14-2-1-13(26(23,24)21-7-9-25-10-8-21)11-15(14)20-16(22)19-12-3-5-18-6-4-12/h1-6,11H,7-10H2,(H2,18,19,20,22). The van der Waals surface area contributed by atoms with E-state index in [1.165, 1.54) is 34.9 Å². The number of ether oxygens (including phenoxy) is 1. The van der Waals surface area contributed by atoms with Gasteiger partial charge in [0.25, 0.3) is 0 Å². The lowest BCUT2D eigenvalue weighted by Gasteiger charge is -2.26. The molecule has 1 aromatic carbocycles. The first-order valence-electron chi connectivity index (χ1n) is 7.82. The molecule has 10 heteroatoms. The fraction of sp³-hybridized carbons (Fsp3) is 0.250. The summed E-state index contributed by atoms with van der Waals surface area (Å²) in [6.45, 7) is 1.28. The smallest absolute Gasteiger partial charge is 0.323 e.